The smallest absolute Gasteiger partial charge is 0.306 e. The second-order valence-corrected chi connectivity index (χ2v) is 27.1. The largest absolute Gasteiger partial charge is 0.462 e. The standard InChI is InChI=1S/C87H154O5/c1-3-5-7-9-11-13-15-17-19-21-23-25-27-29-31-33-35-37-39-41-43-45-47-49-51-53-55-57-59-61-63-65-67-69-71-73-75-77-79-81-86(89)91-84-85(83-88)92-87(90)82-80-78-76-74-72-70-68-66-64-62-60-58-56-54-52-50-48-46-44-42-40-38-36-34-32-30-28-26-24-22-20-18-16-14-12-10-8-6-4-2/h6,8,12,14,18,20-21,23-24,26,30,32,36,38,42,44,48,50,85,88H,3-5,7,9-11,13,15-17,19,22,25,27-29,31,33-35,37,39-41,43,45-47,49,51-84H2,1-2H3/b8-6-,14-12-,20-18-,23-21-,26-24-,32-30-,38-36-,44-42-,50-48-. The minimum Gasteiger partial charge on any atom is -0.462 e. The van der Waals surface area contributed by atoms with E-state index in [2.05, 4.69) is 123 Å². The van der Waals surface area contributed by atoms with Crippen molar-refractivity contribution >= 4 is 11.9 Å². The summed E-state index contributed by atoms with van der Waals surface area (Å²) in [5.74, 6) is -0.575. The average molecular weight is 1280 g/mol. The highest BCUT2D eigenvalue weighted by Gasteiger charge is 2.16. The number of rotatable bonds is 75. The Morgan fingerprint density at radius 3 is 0.717 bits per heavy atom. The molecule has 1 unspecified atom stereocenters. The maximum Gasteiger partial charge on any atom is 0.306 e. The number of ether oxygens (including phenoxy) is 2. The number of aliphatic hydroxyl groups is 1. The van der Waals surface area contributed by atoms with Crippen LogP contribution < -0.4 is 0 Å². The van der Waals surface area contributed by atoms with Crippen molar-refractivity contribution in [2.24, 2.45) is 0 Å². The van der Waals surface area contributed by atoms with E-state index in [1.54, 1.807) is 0 Å². The zero-order valence-electron chi connectivity index (χ0n) is 61.3. The fourth-order valence-electron chi connectivity index (χ4n) is 12.0. The van der Waals surface area contributed by atoms with Crippen molar-refractivity contribution in [1.82, 2.24) is 0 Å². The lowest BCUT2D eigenvalue weighted by Crippen LogP contribution is -2.28. The quantitative estimate of drug-likeness (QED) is 0.0373. The molecule has 5 nitrogen and oxygen atoms in total. The maximum absolute atomic E-state index is 12.4. The Balaban J connectivity index is 3.43. The lowest BCUT2D eigenvalue weighted by Gasteiger charge is -2.15. The topological polar surface area (TPSA) is 72.8 Å². The highest BCUT2D eigenvalue weighted by molar-refractivity contribution is 5.70. The van der Waals surface area contributed by atoms with Crippen molar-refractivity contribution in [3.8, 4) is 0 Å². The molecule has 0 rings (SSSR count). The summed E-state index contributed by atoms with van der Waals surface area (Å²) in [6, 6.07) is 0. The molecule has 0 bridgehead atoms. The fraction of sp³-hybridized carbons (Fsp3) is 0.770. The van der Waals surface area contributed by atoms with Gasteiger partial charge in [-0.1, -0.05) is 406 Å². The highest BCUT2D eigenvalue weighted by atomic mass is 16.6. The zero-order chi connectivity index (χ0) is 66.1. The summed E-state index contributed by atoms with van der Waals surface area (Å²) in [4.78, 5) is 24.7. The number of esters is 2. The molecule has 0 fully saturated rings. The lowest BCUT2D eigenvalue weighted by molar-refractivity contribution is -0.161. The summed E-state index contributed by atoms with van der Waals surface area (Å²) >= 11 is 0. The van der Waals surface area contributed by atoms with Crippen molar-refractivity contribution in [3.63, 3.8) is 0 Å². The minimum atomic E-state index is -0.778. The van der Waals surface area contributed by atoms with Crippen LogP contribution in [0.4, 0.5) is 0 Å². The molecule has 0 amide bonds. The first kappa shape index (κ1) is 88.6. The molecule has 0 aliphatic rings. The maximum atomic E-state index is 12.4. The molecule has 0 heterocycles. The first-order valence-electron chi connectivity index (χ1n) is 40.4. The minimum absolute atomic E-state index is 0.0650. The van der Waals surface area contributed by atoms with Crippen molar-refractivity contribution in [3.05, 3.63) is 109 Å². The number of carbonyl (C=O) groups excluding carboxylic acids is 2. The van der Waals surface area contributed by atoms with Crippen LogP contribution in [0.5, 0.6) is 0 Å². The molecule has 0 saturated carbocycles. The Morgan fingerprint density at radius 2 is 0.467 bits per heavy atom. The predicted octanol–water partition coefficient (Wildman–Crippen LogP) is 28.7. The normalized spacial score (nSPS) is 12.8. The molecule has 92 heavy (non-hydrogen) atoms. The third kappa shape index (κ3) is 79.0. The van der Waals surface area contributed by atoms with Crippen LogP contribution in [0.25, 0.3) is 0 Å². The Bertz CT molecular complexity index is 1740. The van der Waals surface area contributed by atoms with Gasteiger partial charge in [0, 0.05) is 12.8 Å². The van der Waals surface area contributed by atoms with E-state index < -0.39 is 6.10 Å². The van der Waals surface area contributed by atoms with Crippen LogP contribution in [0.15, 0.2) is 109 Å². The van der Waals surface area contributed by atoms with E-state index in [-0.39, 0.29) is 25.2 Å². The molecule has 532 valence electrons. The van der Waals surface area contributed by atoms with Gasteiger partial charge in [-0.2, -0.15) is 0 Å². The van der Waals surface area contributed by atoms with Crippen LogP contribution in [0.3, 0.4) is 0 Å². The van der Waals surface area contributed by atoms with Crippen molar-refractivity contribution in [2.75, 3.05) is 13.2 Å². The summed E-state index contributed by atoms with van der Waals surface area (Å²) in [5, 5.41) is 9.73. The summed E-state index contributed by atoms with van der Waals surface area (Å²) in [7, 11) is 0. The molecule has 0 aromatic carbocycles. The van der Waals surface area contributed by atoms with E-state index in [0.29, 0.717) is 12.8 Å². The van der Waals surface area contributed by atoms with E-state index in [0.717, 1.165) is 89.9 Å². The summed E-state index contributed by atoms with van der Waals surface area (Å²) in [6.45, 7) is 4.07. The van der Waals surface area contributed by atoms with Crippen LogP contribution in [0, 0.1) is 0 Å². The van der Waals surface area contributed by atoms with Gasteiger partial charge in [-0.15, -0.1) is 0 Å². The summed E-state index contributed by atoms with van der Waals surface area (Å²) in [6.07, 6.45) is 119. The van der Waals surface area contributed by atoms with E-state index >= 15 is 0 Å². The first-order valence-corrected chi connectivity index (χ1v) is 40.4. The molecule has 0 spiro atoms. The van der Waals surface area contributed by atoms with Gasteiger partial charge >= 0.3 is 11.9 Å². The van der Waals surface area contributed by atoms with Gasteiger partial charge in [-0.25, -0.2) is 0 Å². The van der Waals surface area contributed by atoms with Crippen LogP contribution in [-0.2, 0) is 19.1 Å². The molecular formula is C87H154O5. The molecule has 5 heteroatoms. The van der Waals surface area contributed by atoms with E-state index in [1.807, 2.05) is 0 Å². The SMILES string of the molecule is CC/C=C\C/C=C\C/C=C\C/C=C\C/C=C\C/C=C\C/C=C\C/C=C\CCCCCCCCCCCCCCCCC(=O)OC(CO)COC(=O)CCCCCCCCCCCCCCCCCCCCCCCCCCCCC/C=C\CCCCCCCCCC. The van der Waals surface area contributed by atoms with Crippen molar-refractivity contribution < 1.29 is 24.2 Å². The molecule has 1 N–H and O–H groups in total. The van der Waals surface area contributed by atoms with Gasteiger partial charge in [0.25, 0.3) is 0 Å². The lowest BCUT2D eigenvalue weighted by atomic mass is 10.0. The van der Waals surface area contributed by atoms with E-state index in [4.69, 9.17) is 9.47 Å². The van der Waals surface area contributed by atoms with Crippen molar-refractivity contribution in [1.29, 1.82) is 0 Å². The third-order valence-corrected chi connectivity index (χ3v) is 18.1. The van der Waals surface area contributed by atoms with Crippen LogP contribution in [-0.4, -0.2) is 36.4 Å². The number of hydrogen-bond donors (Lipinski definition) is 1. The number of hydrogen-bond acceptors (Lipinski definition) is 5. The summed E-state index contributed by atoms with van der Waals surface area (Å²) < 4.78 is 10.8. The third-order valence-electron chi connectivity index (χ3n) is 18.1. The molecule has 0 aliphatic heterocycles. The molecule has 0 radical (unpaired) electrons. The van der Waals surface area contributed by atoms with Gasteiger partial charge in [0.2, 0.25) is 0 Å². The molecule has 0 aliphatic carbocycles. The Labute approximate surface area is 573 Å². The Hall–Kier alpha value is -3.44. The average Bonchev–Trinajstić information content (AvgIpc) is 3.75. The van der Waals surface area contributed by atoms with Crippen LogP contribution in [0.1, 0.15) is 412 Å². The van der Waals surface area contributed by atoms with Gasteiger partial charge in [0.05, 0.1) is 6.61 Å². The highest BCUT2D eigenvalue weighted by Crippen LogP contribution is 2.19. The second kappa shape index (κ2) is 81.8. The van der Waals surface area contributed by atoms with Crippen molar-refractivity contribution in [2.45, 2.75) is 418 Å². The molecule has 0 aromatic heterocycles. The number of unbranched alkanes of at least 4 members (excludes halogenated alkanes) is 49. The number of allylic oxidation sites excluding steroid dienone is 18. The fourth-order valence-corrected chi connectivity index (χ4v) is 12.0. The van der Waals surface area contributed by atoms with Gasteiger partial charge in [-0.3, -0.25) is 9.59 Å². The number of carbonyl (C=O) groups is 2. The van der Waals surface area contributed by atoms with Gasteiger partial charge in [0.1, 0.15) is 6.61 Å². The number of aliphatic hydroxyl groups excluding tert-OH is 1. The van der Waals surface area contributed by atoms with E-state index in [1.165, 1.54) is 295 Å². The van der Waals surface area contributed by atoms with Gasteiger partial charge in [0.15, 0.2) is 6.10 Å². The Kier molecular flexibility index (Phi) is 78.7. The Morgan fingerprint density at radius 1 is 0.261 bits per heavy atom. The molecule has 0 aromatic rings. The summed E-state index contributed by atoms with van der Waals surface area (Å²) in [5.41, 5.74) is 0. The molecule has 0 saturated heterocycles. The monoisotopic (exact) mass is 1280 g/mol. The second-order valence-electron chi connectivity index (χ2n) is 27.1. The van der Waals surface area contributed by atoms with E-state index in [9.17, 15) is 14.7 Å². The van der Waals surface area contributed by atoms with Gasteiger partial charge < -0.3 is 14.6 Å². The first-order chi connectivity index (χ1) is 45.6. The van der Waals surface area contributed by atoms with Crippen LogP contribution >= 0.6 is 0 Å². The predicted molar refractivity (Wildman–Crippen MR) is 408 cm³/mol. The molecular weight excluding hydrogens is 1120 g/mol. The van der Waals surface area contributed by atoms with Gasteiger partial charge in [-0.05, 0) is 103 Å². The van der Waals surface area contributed by atoms with Crippen LogP contribution in [0.2, 0.25) is 0 Å². The molecule has 1 atom stereocenters. The zero-order valence-corrected chi connectivity index (χ0v) is 61.3.